The summed E-state index contributed by atoms with van der Waals surface area (Å²) in [5.41, 5.74) is 0.847. The van der Waals surface area contributed by atoms with E-state index in [1.165, 1.54) is 12.1 Å². The van der Waals surface area contributed by atoms with Crippen LogP contribution in [0.2, 0.25) is 0 Å². The maximum Gasteiger partial charge on any atom is 0.242 e. The number of aromatic nitrogens is 3. The minimum Gasteiger partial charge on any atom is -0.445 e. The van der Waals surface area contributed by atoms with E-state index in [2.05, 4.69) is 9.97 Å². The lowest BCUT2D eigenvalue weighted by Crippen LogP contribution is -2.41. The minimum atomic E-state index is -0.257. The van der Waals surface area contributed by atoms with Gasteiger partial charge >= 0.3 is 0 Å². The first-order chi connectivity index (χ1) is 14.1. The molecule has 1 aromatic carbocycles. The number of halogens is 1. The summed E-state index contributed by atoms with van der Waals surface area (Å²) < 4.78 is 21.2. The molecule has 3 aromatic rings. The van der Waals surface area contributed by atoms with Crippen LogP contribution in [0.4, 0.5) is 4.39 Å². The summed E-state index contributed by atoms with van der Waals surface area (Å²) in [4.78, 5) is 23.4. The van der Waals surface area contributed by atoms with Crippen molar-refractivity contribution in [2.75, 3.05) is 13.1 Å². The van der Waals surface area contributed by atoms with Gasteiger partial charge in [-0.2, -0.15) is 0 Å². The van der Waals surface area contributed by atoms with E-state index in [1.54, 1.807) is 18.5 Å². The number of hydrogen-bond acceptors (Lipinski definition) is 4. The molecule has 0 unspecified atom stereocenters. The molecule has 0 N–H and O–H groups in total. The number of carbonyl (C=O) groups is 1. The fourth-order valence-electron chi connectivity index (χ4n) is 3.89. The van der Waals surface area contributed by atoms with Crippen LogP contribution in [0.5, 0.6) is 0 Å². The van der Waals surface area contributed by atoms with E-state index in [-0.39, 0.29) is 17.6 Å². The van der Waals surface area contributed by atoms with Crippen LogP contribution in [0.1, 0.15) is 48.7 Å². The summed E-state index contributed by atoms with van der Waals surface area (Å²) in [6, 6.07) is 6.49. The molecule has 1 atom stereocenters. The Morgan fingerprint density at radius 1 is 1.34 bits per heavy atom. The second-order valence-electron chi connectivity index (χ2n) is 7.48. The maximum atomic E-state index is 13.4. The predicted molar refractivity (Wildman–Crippen MR) is 106 cm³/mol. The van der Waals surface area contributed by atoms with Crippen molar-refractivity contribution in [1.29, 1.82) is 0 Å². The van der Waals surface area contributed by atoms with E-state index in [9.17, 15) is 9.18 Å². The van der Waals surface area contributed by atoms with Gasteiger partial charge in [-0.25, -0.2) is 14.4 Å². The lowest BCUT2D eigenvalue weighted by atomic mass is 9.98. The van der Waals surface area contributed by atoms with Crippen LogP contribution in [-0.2, 0) is 24.2 Å². The average molecular weight is 396 g/mol. The molecule has 7 heteroatoms. The molecule has 3 heterocycles. The molecule has 1 saturated heterocycles. The average Bonchev–Trinajstić information content (AvgIpc) is 3.37. The number of rotatable bonds is 6. The molecule has 1 aliphatic heterocycles. The van der Waals surface area contributed by atoms with Gasteiger partial charge in [0.1, 0.15) is 23.9 Å². The summed E-state index contributed by atoms with van der Waals surface area (Å²) in [6.07, 6.45) is 8.45. The summed E-state index contributed by atoms with van der Waals surface area (Å²) >= 11 is 0. The normalized spacial score (nSPS) is 16.9. The third-order valence-corrected chi connectivity index (χ3v) is 5.39. The van der Waals surface area contributed by atoms with Gasteiger partial charge in [-0.15, -0.1) is 0 Å². The molecule has 1 fully saturated rings. The number of likely N-dealkylation sites (tertiary alicyclic amines) is 1. The second kappa shape index (κ2) is 8.59. The van der Waals surface area contributed by atoms with Gasteiger partial charge in [0.15, 0.2) is 5.89 Å². The van der Waals surface area contributed by atoms with Gasteiger partial charge in [0.2, 0.25) is 5.91 Å². The van der Waals surface area contributed by atoms with Crippen molar-refractivity contribution in [1.82, 2.24) is 19.4 Å². The number of oxazole rings is 1. The van der Waals surface area contributed by atoms with Crippen LogP contribution < -0.4 is 0 Å². The van der Waals surface area contributed by atoms with Gasteiger partial charge in [0.25, 0.3) is 0 Å². The first-order valence-electron chi connectivity index (χ1n) is 10.1. The molecule has 4 rings (SSSR count). The number of nitrogens with zero attached hydrogens (tertiary/aromatic N) is 4. The van der Waals surface area contributed by atoms with Gasteiger partial charge in [-0.3, -0.25) is 4.79 Å². The minimum absolute atomic E-state index is 0.0855. The first kappa shape index (κ1) is 19.4. The summed E-state index contributed by atoms with van der Waals surface area (Å²) in [5, 5.41) is 0. The van der Waals surface area contributed by atoms with Crippen LogP contribution in [0.15, 0.2) is 47.3 Å². The van der Waals surface area contributed by atoms with Gasteiger partial charge in [0, 0.05) is 38.3 Å². The number of carbonyl (C=O) groups excluding carboxylic acids is 1. The van der Waals surface area contributed by atoms with Crippen molar-refractivity contribution in [3.63, 3.8) is 0 Å². The zero-order chi connectivity index (χ0) is 20.2. The summed E-state index contributed by atoms with van der Waals surface area (Å²) in [5.74, 6) is 2.21. The quantitative estimate of drug-likeness (QED) is 0.639. The van der Waals surface area contributed by atoms with Crippen molar-refractivity contribution < 1.29 is 13.6 Å². The Hall–Kier alpha value is -2.96. The van der Waals surface area contributed by atoms with Gasteiger partial charge in [-0.05, 0) is 30.5 Å². The molecule has 1 aliphatic rings. The van der Waals surface area contributed by atoms with Crippen LogP contribution >= 0.6 is 0 Å². The number of amides is 1. The number of benzene rings is 1. The Balaban J connectivity index is 1.39. The van der Waals surface area contributed by atoms with E-state index >= 15 is 0 Å². The van der Waals surface area contributed by atoms with Gasteiger partial charge in [0.05, 0.1) is 12.1 Å². The Labute approximate surface area is 169 Å². The Bertz CT molecular complexity index is 981. The topological polar surface area (TPSA) is 64.2 Å². The summed E-state index contributed by atoms with van der Waals surface area (Å²) in [7, 11) is 0. The van der Waals surface area contributed by atoms with Gasteiger partial charge in [-0.1, -0.05) is 19.1 Å². The van der Waals surface area contributed by atoms with Crippen molar-refractivity contribution in [3.8, 4) is 0 Å². The van der Waals surface area contributed by atoms with Crippen LogP contribution in [0.25, 0.3) is 0 Å². The number of aryl methyl sites for hydroxylation is 1. The van der Waals surface area contributed by atoms with E-state index in [1.807, 2.05) is 28.7 Å². The summed E-state index contributed by atoms with van der Waals surface area (Å²) in [6.45, 7) is 3.70. The lowest BCUT2D eigenvalue weighted by molar-refractivity contribution is -0.133. The Kier molecular flexibility index (Phi) is 5.74. The monoisotopic (exact) mass is 396 g/mol. The van der Waals surface area contributed by atoms with Crippen LogP contribution in [0, 0.1) is 5.82 Å². The molecule has 6 nitrogen and oxygen atoms in total. The van der Waals surface area contributed by atoms with Crippen LogP contribution in [0.3, 0.4) is 0 Å². The molecule has 152 valence electrons. The lowest BCUT2D eigenvalue weighted by Gasteiger charge is -2.31. The third-order valence-electron chi connectivity index (χ3n) is 5.39. The first-order valence-corrected chi connectivity index (χ1v) is 10.1. The molecule has 0 spiro atoms. The molecule has 0 radical (unpaired) electrons. The number of hydrogen-bond donors (Lipinski definition) is 0. The van der Waals surface area contributed by atoms with Crippen molar-refractivity contribution in [2.24, 2.45) is 0 Å². The second-order valence-corrected chi connectivity index (χ2v) is 7.48. The van der Waals surface area contributed by atoms with Crippen LogP contribution in [-0.4, -0.2) is 38.4 Å². The zero-order valence-corrected chi connectivity index (χ0v) is 16.6. The van der Waals surface area contributed by atoms with E-state index in [0.717, 1.165) is 37.2 Å². The fraction of sp³-hybridized carbons (Fsp3) is 0.409. The maximum absolute atomic E-state index is 13.4. The molecule has 0 bridgehead atoms. The Morgan fingerprint density at radius 3 is 3.07 bits per heavy atom. The van der Waals surface area contributed by atoms with E-state index in [4.69, 9.17) is 4.42 Å². The highest BCUT2D eigenvalue weighted by Gasteiger charge is 2.28. The highest BCUT2D eigenvalue weighted by Crippen LogP contribution is 2.27. The standard InChI is InChI=1S/C22H25FN4O2/c1-2-20-24-8-10-26(20)15-21(28)27-9-4-6-17(14-27)22-25-13-19(29-22)12-16-5-3-7-18(23)11-16/h3,5,7-8,10-11,13,17H,2,4,6,9,12,14-15H2,1H3/t17-/m0/s1. The molecular weight excluding hydrogens is 371 g/mol. The highest BCUT2D eigenvalue weighted by molar-refractivity contribution is 5.76. The third kappa shape index (κ3) is 4.55. The van der Waals surface area contributed by atoms with Crippen molar-refractivity contribution in [2.45, 2.75) is 45.1 Å². The largest absolute Gasteiger partial charge is 0.445 e. The Morgan fingerprint density at radius 2 is 2.24 bits per heavy atom. The van der Waals surface area contributed by atoms with Gasteiger partial charge < -0.3 is 13.9 Å². The molecule has 0 aliphatic carbocycles. The predicted octanol–water partition coefficient (Wildman–Crippen LogP) is 3.57. The smallest absolute Gasteiger partial charge is 0.242 e. The molecular formula is C22H25FN4O2. The van der Waals surface area contributed by atoms with E-state index < -0.39 is 0 Å². The zero-order valence-electron chi connectivity index (χ0n) is 16.6. The molecule has 0 saturated carbocycles. The number of imidazole rings is 1. The number of piperidine rings is 1. The van der Waals surface area contributed by atoms with E-state index in [0.29, 0.717) is 31.2 Å². The SMILES string of the molecule is CCc1nccn1CC(=O)N1CCC[C@H](c2ncc(Cc3cccc(F)c3)o2)C1. The van der Waals surface area contributed by atoms with Crippen molar-refractivity contribution >= 4 is 5.91 Å². The fourth-order valence-corrected chi connectivity index (χ4v) is 3.89. The highest BCUT2D eigenvalue weighted by atomic mass is 19.1. The molecule has 29 heavy (non-hydrogen) atoms. The molecule has 2 aromatic heterocycles. The molecule has 1 amide bonds. The van der Waals surface area contributed by atoms with Crippen molar-refractivity contribution in [3.05, 3.63) is 71.7 Å².